The van der Waals surface area contributed by atoms with E-state index in [1.165, 1.54) is 121 Å². The molecule has 0 saturated heterocycles. The van der Waals surface area contributed by atoms with Gasteiger partial charge in [-0.05, 0) is 198 Å². The monoisotopic (exact) mass is 1050 g/mol. The number of nitrogens with zero attached hydrogens (tertiary/aromatic N) is 2. The van der Waals surface area contributed by atoms with Crippen molar-refractivity contribution in [3.05, 3.63) is 313 Å². The molecule has 14 aromatic rings. The molecule has 0 unspecified atom stereocenters. The van der Waals surface area contributed by atoms with Gasteiger partial charge in [-0.1, -0.05) is 231 Å². The largest absolute Gasteiger partial charge is 0.309 e. The SMILES string of the molecule is Cc1cc(-c2ccc(N(c3ccc(-c4ccc5ccccc5c4)cc3)c3c(C)cccc3-c3cccc4ccccc34)c(C)c2)ccc1N(c1ccc(-c2ccc3ccccc3c2)cc1)c1c(C)cccc1-c1cccc2ccccc12. The van der Waals surface area contributed by atoms with Gasteiger partial charge < -0.3 is 9.80 Å². The maximum absolute atomic E-state index is 2.49. The highest BCUT2D eigenvalue weighted by Gasteiger charge is 2.25. The molecule has 0 aliphatic rings. The second kappa shape index (κ2) is 21.1. The van der Waals surface area contributed by atoms with Crippen molar-refractivity contribution in [3.63, 3.8) is 0 Å². The first-order valence-electron chi connectivity index (χ1n) is 28.5. The summed E-state index contributed by atoms with van der Waals surface area (Å²) in [7, 11) is 0. The molecule has 0 spiro atoms. The van der Waals surface area contributed by atoms with Crippen LogP contribution in [0, 0.1) is 27.7 Å². The summed E-state index contributed by atoms with van der Waals surface area (Å²) in [6.45, 7) is 9.03. The summed E-state index contributed by atoms with van der Waals surface area (Å²) in [5, 5.41) is 9.89. The van der Waals surface area contributed by atoms with Crippen molar-refractivity contribution in [1.29, 1.82) is 0 Å². The number of fused-ring (bicyclic) bond motifs is 4. The van der Waals surface area contributed by atoms with Crippen LogP contribution in [0.4, 0.5) is 34.1 Å². The van der Waals surface area contributed by atoms with Crippen LogP contribution in [0.5, 0.6) is 0 Å². The van der Waals surface area contributed by atoms with Gasteiger partial charge in [0.15, 0.2) is 0 Å². The van der Waals surface area contributed by atoms with Gasteiger partial charge in [0.1, 0.15) is 0 Å². The van der Waals surface area contributed by atoms with E-state index < -0.39 is 0 Å². The van der Waals surface area contributed by atoms with Crippen LogP contribution in [-0.2, 0) is 0 Å². The van der Waals surface area contributed by atoms with Crippen molar-refractivity contribution in [3.8, 4) is 55.6 Å². The second-order valence-electron chi connectivity index (χ2n) is 21.9. The van der Waals surface area contributed by atoms with E-state index in [-0.39, 0.29) is 0 Å². The van der Waals surface area contributed by atoms with Gasteiger partial charge in [0.2, 0.25) is 0 Å². The van der Waals surface area contributed by atoms with Gasteiger partial charge in [0.05, 0.1) is 11.4 Å². The summed E-state index contributed by atoms with van der Waals surface area (Å²) >= 11 is 0. The van der Waals surface area contributed by atoms with Gasteiger partial charge in [-0.25, -0.2) is 0 Å². The van der Waals surface area contributed by atoms with E-state index in [1.54, 1.807) is 0 Å². The minimum atomic E-state index is 1.10. The molecule has 2 heteroatoms. The maximum atomic E-state index is 2.49. The number of hydrogen-bond donors (Lipinski definition) is 0. The Balaban J connectivity index is 0.881. The highest BCUT2D eigenvalue weighted by atomic mass is 15.2. The highest BCUT2D eigenvalue weighted by Crippen LogP contribution is 2.49. The minimum Gasteiger partial charge on any atom is -0.309 e. The Morgan fingerprint density at radius 2 is 0.524 bits per heavy atom. The lowest BCUT2D eigenvalue weighted by Crippen LogP contribution is -2.14. The number of benzene rings is 14. The minimum absolute atomic E-state index is 1.10. The molecule has 0 N–H and O–H groups in total. The van der Waals surface area contributed by atoms with E-state index in [1.807, 2.05) is 0 Å². The zero-order valence-corrected chi connectivity index (χ0v) is 46.6. The van der Waals surface area contributed by atoms with E-state index in [4.69, 9.17) is 0 Å². The second-order valence-corrected chi connectivity index (χ2v) is 21.9. The van der Waals surface area contributed by atoms with Crippen LogP contribution < -0.4 is 9.80 Å². The van der Waals surface area contributed by atoms with Crippen molar-refractivity contribution in [1.82, 2.24) is 0 Å². The molecule has 2 nitrogen and oxygen atoms in total. The van der Waals surface area contributed by atoms with Gasteiger partial charge >= 0.3 is 0 Å². The maximum Gasteiger partial charge on any atom is 0.0569 e. The van der Waals surface area contributed by atoms with Crippen LogP contribution in [0.3, 0.4) is 0 Å². The summed E-state index contributed by atoms with van der Waals surface area (Å²) in [5.41, 5.74) is 23.4. The normalized spacial score (nSPS) is 11.4. The molecule has 0 saturated carbocycles. The third-order valence-electron chi connectivity index (χ3n) is 16.7. The molecular weight excluding hydrogens is 989 g/mol. The molecule has 0 heterocycles. The Bertz CT molecular complexity index is 4430. The van der Waals surface area contributed by atoms with Gasteiger partial charge in [-0.2, -0.15) is 0 Å². The van der Waals surface area contributed by atoms with Gasteiger partial charge in [0, 0.05) is 33.9 Å². The number of para-hydroxylation sites is 2. The van der Waals surface area contributed by atoms with Crippen LogP contribution >= 0.6 is 0 Å². The first kappa shape index (κ1) is 50.0. The summed E-state index contributed by atoms with van der Waals surface area (Å²) in [4.78, 5) is 4.98. The lowest BCUT2D eigenvalue weighted by Gasteiger charge is -2.32. The lowest BCUT2D eigenvalue weighted by molar-refractivity contribution is 1.22. The fourth-order valence-corrected chi connectivity index (χ4v) is 12.6. The third-order valence-corrected chi connectivity index (χ3v) is 16.7. The summed E-state index contributed by atoms with van der Waals surface area (Å²) in [6, 6.07) is 107. The molecule has 390 valence electrons. The van der Waals surface area contributed by atoms with Crippen molar-refractivity contribution >= 4 is 77.2 Å². The first-order valence-corrected chi connectivity index (χ1v) is 28.5. The standard InChI is InChI=1S/C80H60N2/c1-53-17-13-31-75(73-29-15-25-61-21-9-11-27-71(61)73)79(53)81(69-43-37-59(38-44-69)67-35-33-57-19-5-7-23-63(57)51-67)77-47-41-65(49-55(77)3)66-42-48-78(56(4)50-66)82(70-45-39-60(40-46-70)68-36-34-58-20-6-8-24-64(58)52-68)80-54(2)18-14-32-76(80)74-30-16-26-62-22-10-12-28-72(62)74/h5-52H,1-4H3. The molecule has 0 aliphatic carbocycles. The van der Waals surface area contributed by atoms with Crippen LogP contribution in [0.15, 0.2) is 291 Å². The zero-order valence-electron chi connectivity index (χ0n) is 46.6. The van der Waals surface area contributed by atoms with Crippen molar-refractivity contribution in [2.24, 2.45) is 0 Å². The molecule has 0 bridgehead atoms. The van der Waals surface area contributed by atoms with Crippen LogP contribution in [0.2, 0.25) is 0 Å². The molecule has 14 rings (SSSR count). The van der Waals surface area contributed by atoms with E-state index in [0.717, 1.165) is 34.1 Å². The predicted molar refractivity (Wildman–Crippen MR) is 352 cm³/mol. The highest BCUT2D eigenvalue weighted by molar-refractivity contribution is 6.04. The van der Waals surface area contributed by atoms with Crippen LogP contribution in [-0.4, -0.2) is 0 Å². The first-order chi connectivity index (χ1) is 40.3. The van der Waals surface area contributed by atoms with E-state index in [9.17, 15) is 0 Å². The molecule has 0 aromatic heterocycles. The Kier molecular flexibility index (Phi) is 12.8. The summed E-state index contributed by atoms with van der Waals surface area (Å²) in [6.07, 6.45) is 0. The fraction of sp³-hybridized carbons (Fsp3) is 0.0500. The molecule has 14 aromatic carbocycles. The lowest BCUT2D eigenvalue weighted by atomic mass is 9.93. The van der Waals surface area contributed by atoms with Crippen LogP contribution in [0.25, 0.3) is 98.7 Å². The smallest absolute Gasteiger partial charge is 0.0569 e. The van der Waals surface area contributed by atoms with E-state index in [0.29, 0.717) is 0 Å². The number of hydrogen-bond acceptors (Lipinski definition) is 2. The molecule has 0 amide bonds. The van der Waals surface area contributed by atoms with Crippen molar-refractivity contribution in [2.45, 2.75) is 27.7 Å². The molecule has 0 radical (unpaired) electrons. The average molecular weight is 1050 g/mol. The van der Waals surface area contributed by atoms with Crippen LogP contribution in [0.1, 0.15) is 22.3 Å². The number of rotatable bonds is 11. The van der Waals surface area contributed by atoms with Crippen molar-refractivity contribution in [2.75, 3.05) is 9.80 Å². The molecule has 0 atom stereocenters. The van der Waals surface area contributed by atoms with Crippen molar-refractivity contribution < 1.29 is 0 Å². The third kappa shape index (κ3) is 9.15. The Labute approximate surface area is 481 Å². The Morgan fingerprint density at radius 1 is 0.207 bits per heavy atom. The molecular formula is C80H60N2. The quantitative estimate of drug-likeness (QED) is 0.127. The molecule has 0 fully saturated rings. The number of anilines is 6. The van der Waals surface area contributed by atoms with E-state index in [2.05, 4.69) is 329 Å². The summed E-state index contributed by atoms with van der Waals surface area (Å²) in [5.74, 6) is 0. The Morgan fingerprint density at radius 3 is 0.939 bits per heavy atom. The molecule has 82 heavy (non-hydrogen) atoms. The predicted octanol–water partition coefficient (Wildman–Crippen LogP) is 22.8. The van der Waals surface area contributed by atoms with E-state index >= 15 is 0 Å². The number of aryl methyl sites for hydroxylation is 4. The topological polar surface area (TPSA) is 6.48 Å². The average Bonchev–Trinajstić information content (AvgIpc) is 3.61. The van der Waals surface area contributed by atoms with Gasteiger partial charge in [-0.3, -0.25) is 0 Å². The van der Waals surface area contributed by atoms with Gasteiger partial charge in [-0.15, -0.1) is 0 Å². The fourth-order valence-electron chi connectivity index (χ4n) is 12.6. The van der Waals surface area contributed by atoms with Gasteiger partial charge in [0.25, 0.3) is 0 Å². The molecule has 0 aliphatic heterocycles. The zero-order chi connectivity index (χ0) is 55.3. The summed E-state index contributed by atoms with van der Waals surface area (Å²) < 4.78 is 0. The Hall–Kier alpha value is -10.3.